The third-order valence-electron chi connectivity index (χ3n) is 12.5. The van der Waals surface area contributed by atoms with E-state index in [4.69, 9.17) is 16.4 Å². The van der Waals surface area contributed by atoms with Crippen LogP contribution < -0.4 is 0 Å². The van der Waals surface area contributed by atoms with E-state index in [2.05, 4.69) is 5.16 Å². The minimum atomic E-state index is -0.948. The molecule has 6 rings (SSSR count). The molecule has 1 spiro atoms. The Morgan fingerprint density at radius 2 is 1.69 bits per heavy atom. The molecule has 4 aliphatic rings. The lowest BCUT2D eigenvalue weighted by atomic mass is 9.75. The summed E-state index contributed by atoms with van der Waals surface area (Å²) in [5, 5.41) is 5.01. The summed E-state index contributed by atoms with van der Waals surface area (Å²) in [6.45, 7) is 8.00. The van der Waals surface area contributed by atoms with Gasteiger partial charge in [0.25, 0.3) is 0 Å². The molecule has 2 aromatic rings. The highest BCUT2D eigenvalue weighted by Gasteiger charge is 2.55. The van der Waals surface area contributed by atoms with Crippen LogP contribution in [0.15, 0.2) is 59.8 Å². The standard InChI is InChI=1S/C45H57ClN2O6/c1-5-13-32(41(52)40(51)28-44(20-21-44)33-17-10-7-11-18-33)24-39(50)38-27-45(26-37(47-54-45)31-16-12-19-34(46)23-31)29-48(38)42(53)36(43(2,3)4)25-35(49)22-30-14-8-6-9-15-30/h7,10-12,16-19,23,30,32,36,38H,5-6,8-9,13-15,20-22,24-29H2,1-4H3/t32-,36-,38+,45-/m1/s1. The van der Waals surface area contributed by atoms with Crippen molar-refractivity contribution in [1.29, 1.82) is 0 Å². The largest absolute Gasteiger partial charge is 0.387 e. The van der Waals surface area contributed by atoms with E-state index in [-0.39, 0.29) is 55.1 Å². The van der Waals surface area contributed by atoms with Crippen LogP contribution in [0.1, 0.15) is 135 Å². The van der Waals surface area contributed by atoms with E-state index < -0.39 is 40.5 Å². The van der Waals surface area contributed by atoms with Gasteiger partial charge in [-0.1, -0.05) is 125 Å². The van der Waals surface area contributed by atoms with Gasteiger partial charge in [-0.25, -0.2) is 0 Å². The Morgan fingerprint density at radius 1 is 0.963 bits per heavy atom. The summed E-state index contributed by atoms with van der Waals surface area (Å²) in [6.07, 6.45) is 9.49. The summed E-state index contributed by atoms with van der Waals surface area (Å²) in [5.74, 6) is -2.40. The molecule has 2 heterocycles. The highest BCUT2D eigenvalue weighted by molar-refractivity contribution is 6.38. The number of hydrogen-bond acceptors (Lipinski definition) is 7. The first-order valence-electron chi connectivity index (χ1n) is 20.2. The molecule has 0 unspecified atom stereocenters. The molecule has 290 valence electrons. The van der Waals surface area contributed by atoms with Crippen molar-refractivity contribution >= 4 is 46.4 Å². The van der Waals surface area contributed by atoms with Crippen molar-refractivity contribution in [2.75, 3.05) is 6.54 Å². The number of Topliss-reactive ketones (excluding diaryl/α,β-unsaturated/α-hetero) is 4. The third kappa shape index (κ3) is 9.23. The Bertz CT molecular complexity index is 1750. The molecular weight excluding hydrogens is 700 g/mol. The van der Waals surface area contributed by atoms with Crippen LogP contribution in [0.5, 0.6) is 0 Å². The van der Waals surface area contributed by atoms with Crippen molar-refractivity contribution in [1.82, 2.24) is 4.90 Å². The van der Waals surface area contributed by atoms with Gasteiger partial charge in [-0.2, -0.15) is 0 Å². The van der Waals surface area contributed by atoms with E-state index in [1.165, 1.54) is 6.42 Å². The zero-order valence-electron chi connectivity index (χ0n) is 32.5. The Labute approximate surface area is 325 Å². The Morgan fingerprint density at radius 3 is 2.33 bits per heavy atom. The van der Waals surface area contributed by atoms with Crippen LogP contribution >= 0.6 is 11.6 Å². The normalized spacial score (nSPS) is 23.4. The summed E-state index contributed by atoms with van der Waals surface area (Å²) in [4.78, 5) is 78.2. The Balaban J connectivity index is 1.22. The van der Waals surface area contributed by atoms with Crippen molar-refractivity contribution in [3.63, 3.8) is 0 Å². The molecule has 2 aliphatic carbocycles. The number of rotatable bonds is 16. The number of ketones is 4. The summed E-state index contributed by atoms with van der Waals surface area (Å²) < 4.78 is 0. The Hall–Kier alpha value is -3.65. The van der Waals surface area contributed by atoms with Gasteiger partial charge < -0.3 is 9.74 Å². The first-order valence-corrected chi connectivity index (χ1v) is 20.6. The van der Waals surface area contributed by atoms with Crippen molar-refractivity contribution in [3.8, 4) is 0 Å². The van der Waals surface area contributed by atoms with Crippen LogP contribution in [0.2, 0.25) is 5.02 Å². The molecular formula is C45H57ClN2O6. The van der Waals surface area contributed by atoms with Gasteiger partial charge >= 0.3 is 0 Å². The molecule has 0 radical (unpaired) electrons. The second kappa shape index (κ2) is 16.6. The number of hydrogen-bond donors (Lipinski definition) is 0. The average molecular weight is 757 g/mol. The lowest BCUT2D eigenvalue weighted by Crippen LogP contribution is -2.48. The van der Waals surface area contributed by atoms with Crippen molar-refractivity contribution < 1.29 is 28.8 Å². The molecule has 1 amide bonds. The fourth-order valence-corrected chi connectivity index (χ4v) is 9.37. The van der Waals surface area contributed by atoms with Gasteiger partial charge in [-0.3, -0.25) is 24.0 Å². The predicted octanol–water partition coefficient (Wildman–Crippen LogP) is 9.03. The van der Waals surface area contributed by atoms with Gasteiger partial charge in [0.15, 0.2) is 17.2 Å². The van der Waals surface area contributed by atoms with E-state index in [9.17, 15) is 24.0 Å². The molecule has 8 nitrogen and oxygen atoms in total. The summed E-state index contributed by atoms with van der Waals surface area (Å²) in [6, 6.07) is 16.3. The van der Waals surface area contributed by atoms with Crippen LogP contribution in [0, 0.1) is 23.2 Å². The number of oxime groups is 1. The lowest BCUT2D eigenvalue weighted by molar-refractivity contribution is -0.147. The second-order valence-corrected chi connectivity index (χ2v) is 18.3. The van der Waals surface area contributed by atoms with Crippen molar-refractivity contribution in [2.24, 2.45) is 28.3 Å². The SMILES string of the molecule is CCC[C@H](CC(=O)[C@@H]1C[C@]2(CC(c3cccc(Cl)c3)=NO2)CN1C(=O)[C@@H](CC(=O)CC1CCCCC1)C(C)(C)C)C(=O)C(=O)CC1(c2ccccc2)CC1. The molecule has 0 N–H and O–H groups in total. The van der Waals surface area contributed by atoms with Crippen LogP contribution in [0.3, 0.4) is 0 Å². The topological polar surface area (TPSA) is 110 Å². The van der Waals surface area contributed by atoms with Gasteiger partial charge in [-0.15, -0.1) is 0 Å². The molecule has 54 heavy (non-hydrogen) atoms. The lowest BCUT2D eigenvalue weighted by Gasteiger charge is -2.35. The quantitative estimate of drug-likeness (QED) is 0.158. The minimum absolute atomic E-state index is 0.0895. The zero-order chi connectivity index (χ0) is 38.7. The monoisotopic (exact) mass is 756 g/mol. The maximum absolute atomic E-state index is 14.8. The number of benzene rings is 2. The van der Waals surface area contributed by atoms with Gasteiger partial charge in [-0.05, 0) is 48.3 Å². The number of nitrogens with zero attached hydrogens (tertiary/aromatic N) is 2. The highest BCUT2D eigenvalue weighted by Crippen LogP contribution is 2.51. The van der Waals surface area contributed by atoms with E-state index >= 15 is 0 Å². The van der Waals surface area contributed by atoms with Crippen LogP contribution in [-0.2, 0) is 34.2 Å². The fourth-order valence-electron chi connectivity index (χ4n) is 9.18. The third-order valence-corrected chi connectivity index (χ3v) is 12.8. The van der Waals surface area contributed by atoms with E-state index in [0.717, 1.165) is 49.7 Å². The number of carbonyl (C=O) groups is 5. The number of likely N-dealkylation sites (tertiary alicyclic amines) is 1. The fraction of sp³-hybridized carbons (Fsp3) is 0.600. The number of carbonyl (C=O) groups excluding carboxylic acids is 5. The minimum Gasteiger partial charge on any atom is -0.387 e. The smallest absolute Gasteiger partial charge is 0.227 e. The first kappa shape index (κ1) is 40.0. The molecule has 0 bridgehead atoms. The second-order valence-electron chi connectivity index (χ2n) is 17.8. The molecule has 4 atom stereocenters. The zero-order valence-corrected chi connectivity index (χ0v) is 33.3. The molecule has 2 saturated carbocycles. The number of halogens is 1. The van der Waals surface area contributed by atoms with Crippen molar-refractivity contribution in [3.05, 3.63) is 70.7 Å². The van der Waals surface area contributed by atoms with Gasteiger partial charge in [0, 0.05) is 66.4 Å². The van der Waals surface area contributed by atoms with Crippen LogP contribution in [-0.4, -0.2) is 57.8 Å². The van der Waals surface area contributed by atoms with Crippen LogP contribution in [0.4, 0.5) is 0 Å². The maximum atomic E-state index is 14.8. The number of amides is 1. The Kier molecular flexibility index (Phi) is 12.3. The molecule has 0 aromatic heterocycles. The summed E-state index contributed by atoms with van der Waals surface area (Å²) in [7, 11) is 0. The molecule has 2 aliphatic heterocycles. The van der Waals surface area contributed by atoms with Gasteiger partial charge in [0.1, 0.15) is 5.78 Å². The molecule has 9 heteroatoms. The van der Waals surface area contributed by atoms with Crippen LogP contribution in [0.25, 0.3) is 0 Å². The van der Waals surface area contributed by atoms with E-state index in [1.54, 1.807) is 11.0 Å². The van der Waals surface area contributed by atoms with Crippen molar-refractivity contribution in [2.45, 2.75) is 141 Å². The average Bonchev–Trinajstić information content (AvgIpc) is 3.65. The van der Waals surface area contributed by atoms with Gasteiger partial charge in [0.2, 0.25) is 11.7 Å². The molecule has 2 aromatic carbocycles. The summed E-state index contributed by atoms with van der Waals surface area (Å²) >= 11 is 6.30. The van der Waals surface area contributed by atoms with Gasteiger partial charge in [0.05, 0.1) is 18.3 Å². The highest BCUT2D eigenvalue weighted by atomic mass is 35.5. The predicted molar refractivity (Wildman–Crippen MR) is 210 cm³/mol. The summed E-state index contributed by atoms with van der Waals surface area (Å²) in [5.41, 5.74) is 0.755. The molecule has 3 fully saturated rings. The van der Waals surface area contributed by atoms with E-state index in [0.29, 0.717) is 42.3 Å². The maximum Gasteiger partial charge on any atom is 0.227 e. The first-order chi connectivity index (χ1) is 25.7. The van der Waals surface area contributed by atoms with E-state index in [1.807, 2.05) is 76.2 Å². The molecule has 1 saturated heterocycles.